The second kappa shape index (κ2) is 38.1. The number of hydrogen-bond donors (Lipinski definition) is 0. The maximum Gasteiger partial charge on any atom is 1.00 e. The summed E-state index contributed by atoms with van der Waals surface area (Å²) in [4.78, 5) is 25.2. The minimum absolute atomic E-state index is 0. The molecule has 1 aromatic carbocycles. The number of ether oxygens (including phenoxy) is 2. The summed E-state index contributed by atoms with van der Waals surface area (Å²) < 4.78 is 46.7. The third-order valence-electron chi connectivity index (χ3n) is 10.2. The first-order valence-electron chi connectivity index (χ1n) is 22.0. The van der Waals surface area contributed by atoms with E-state index in [2.05, 4.69) is 38.2 Å². The Bertz CT molecular complexity index is 1240. The van der Waals surface area contributed by atoms with E-state index in [-0.39, 0.29) is 48.3 Å². The Morgan fingerprint density at radius 3 is 1.15 bits per heavy atom. The average Bonchev–Trinajstić information content (AvgIpc) is 3.16. The number of benzene rings is 1. The standard InChI is InChI=1S/C46H78O7S.Na/c1-3-5-7-9-11-13-15-17-19-21-23-25-27-29-31-33-35-40-52-45(47)42-38-37-39-43(54(49,50)51)44(42)46(48)53-41-36-34-32-30-28-26-24-22-20-18-16-14-12-10-8-6-4-2;/h3-6,37-39H,7-36,40-41H2,1-2H3,(H,49,50,51);/q;+1/p-1/b5-3+,6-4+;. The third-order valence-corrected chi connectivity index (χ3v) is 11.1. The molecule has 9 heteroatoms. The van der Waals surface area contributed by atoms with Gasteiger partial charge in [0.25, 0.3) is 0 Å². The predicted octanol–water partition coefficient (Wildman–Crippen LogP) is 10.8. The summed E-state index contributed by atoms with van der Waals surface area (Å²) in [6, 6.07) is 3.63. The zero-order chi connectivity index (χ0) is 39.4. The second-order valence-electron chi connectivity index (χ2n) is 15.0. The van der Waals surface area contributed by atoms with Crippen LogP contribution in [0, 0.1) is 0 Å². The van der Waals surface area contributed by atoms with Crippen LogP contribution >= 0.6 is 0 Å². The van der Waals surface area contributed by atoms with Crippen LogP contribution in [0.15, 0.2) is 47.4 Å². The molecule has 0 saturated heterocycles. The van der Waals surface area contributed by atoms with Gasteiger partial charge in [-0.15, -0.1) is 0 Å². The average molecular weight is 797 g/mol. The molecule has 0 N–H and O–H groups in total. The Labute approximate surface area is 359 Å². The molecule has 0 bridgehead atoms. The number of unbranched alkanes of at least 4 members (excludes halogenated alkanes) is 28. The van der Waals surface area contributed by atoms with Crippen molar-refractivity contribution in [3.63, 3.8) is 0 Å². The first kappa shape index (κ1) is 53.6. The molecule has 0 heterocycles. The van der Waals surface area contributed by atoms with Gasteiger partial charge in [0.1, 0.15) is 10.1 Å². The van der Waals surface area contributed by atoms with Gasteiger partial charge in [-0.1, -0.05) is 184 Å². The zero-order valence-corrected chi connectivity index (χ0v) is 38.3. The second-order valence-corrected chi connectivity index (χ2v) is 16.4. The molecule has 0 radical (unpaired) electrons. The van der Waals surface area contributed by atoms with Crippen molar-refractivity contribution in [2.75, 3.05) is 13.2 Å². The summed E-state index contributed by atoms with van der Waals surface area (Å²) in [5, 5.41) is 0. The van der Waals surface area contributed by atoms with Gasteiger partial charge in [0.15, 0.2) is 0 Å². The molecule has 0 aliphatic rings. The normalized spacial score (nSPS) is 11.7. The van der Waals surface area contributed by atoms with E-state index in [0.29, 0.717) is 12.8 Å². The Hall–Kier alpha value is -1.45. The molecule has 0 aliphatic heterocycles. The van der Waals surface area contributed by atoms with Crippen LogP contribution in [0.4, 0.5) is 0 Å². The summed E-state index contributed by atoms with van der Waals surface area (Å²) in [5.41, 5.74) is -0.775. The van der Waals surface area contributed by atoms with E-state index in [1.54, 1.807) is 0 Å². The number of carbonyl (C=O) groups is 2. The van der Waals surface area contributed by atoms with Gasteiger partial charge in [-0.2, -0.15) is 0 Å². The first-order valence-corrected chi connectivity index (χ1v) is 23.4. The molecule has 0 saturated carbocycles. The van der Waals surface area contributed by atoms with Gasteiger partial charge in [-0.3, -0.25) is 0 Å². The molecule has 0 aromatic heterocycles. The topological polar surface area (TPSA) is 110 Å². The Morgan fingerprint density at radius 2 is 0.818 bits per heavy atom. The summed E-state index contributed by atoms with van der Waals surface area (Å²) >= 11 is 0. The van der Waals surface area contributed by atoms with Crippen molar-refractivity contribution in [1.29, 1.82) is 0 Å². The largest absolute Gasteiger partial charge is 1.00 e. The predicted molar refractivity (Wildman–Crippen MR) is 223 cm³/mol. The zero-order valence-electron chi connectivity index (χ0n) is 35.4. The van der Waals surface area contributed by atoms with E-state index < -0.39 is 32.5 Å². The summed E-state index contributed by atoms with van der Waals surface area (Å²) in [6.45, 7) is 4.41. The molecular formula is C46H77NaO7S. The SMILES string of the molecule is C/C=C/CCCCCCCCCCCCCCCCOC(=O)c1cccc(S(=O)(=O)[O-])c1C(=O)OCCCCCCCCCCCCCCCC/C=C/C.[Na+]. The van der Waals surface area contributed by atoms with Crippen LogP contribution in [0.1, 0.15) is 227 Å². The number of allylic oxidation sites excluding steroid dienone is 4. The molecule has 0 amide bonds. The van der Waals surface area contributed by atoms with Gasteiger partial charge in [0.2, 0.25) is 0 Å². The molecule has 0 atom stereocenters. The van der Waals surface area contributed by atoms with E-state index in [0.717, 1.165) is 44.6 Å². The molecule has 0 fully saturated rings. The van der Waals surface area contributed by atoms with Gasteiger partial charge in [-0.05, 0) is 64.5 Å². The van der Waals surface area contributed by atoms with Crippen LogP contribution < -0.4 is 29.6 Å². The molecule has 310 valence electrons. The van der Waals surface area contributed by atoms with Crippen molar-refractivity contribution in [2.45, 2.75) is 211 Å². The smallest absolute Gasteiger partial charge is 0.744 e. The summed E-state index contributed by atoms with van der Waals surface area (Å²) in [6.07, 6.45) is 44.9. The van der Waals surface area contributed by atoms with E-state index in [1.807, 2.05) is 0 Å². The Morgan fingerprint density at radius 1 is 0.509 bits per heavy atom. The monoisotopic (exact) mass is 797 g/mol. The maximum atomic E-state index is 13.0. The Kier molecular flexibility index (Phi) is 37.1. The fourth-order valence-electron chi connectivity index (χ4n) is 6.90. The molecule has 0 unspecified atom stereocenters. The van der Waals surface area contributed by atoms with Crippen LogP contribution in [-0.2, 0) is 19.6 Å². The van der Waals surface area contributed by atoms with Crippen LogP contribution in [0.3, 0.4) is 0 Å². The number of rotatable bonds is 37. The van der Waals surface area contributed by atoms with Gasteiger partial charge < -0.3 is 14.0 Å². The summed E-state index contributed by atoms with van der Waals surface area (Å²) in [7, 11) is -5.01. The van der Waals surface area contributed by atoms with E-state index >= 15 is 0 Å². The van der Waals surface area contributed by atoms with E-state index in [4.69, 9.17) is 9.47 Å². The van der Waals surface area contributed by atoms with Gasteiger partial charge in [0.05, 0.1) is 29.2 Å². The molecule has 1 rings (SSSR count). The minimum atomic E-state index is -5.01. The van der Waals surface area contributed by atoms with Gasteiger partial charge in [0, 0.05) is 0 Å². The van der Waals surface area contributed by atoms with Crippen molar-refractivity contribution in [3.8, 4) is 0 Å². The maximum absolute atomic E-state index is 13.0. The van der Waals surface area contributed by atoms with Gasteiger partial charge >= 0.3 is 41.5 Å². The van der Waals surface area contributed by atoms with Crippen LogP contribution in [0.5, 0.6) is 0 Å². The van der Waals surface area contributed by atoms with E-state index in [9.17, 15) is 22.6 Å². The fraction of sp³-hybridized carbons (Fsp3) is 0.739. The Balaban J connectivity index is 0.0000292. The molecular weight excluding hydrogens is 720 g/mol. The molecule has 1 aromatic rings. The van der Waals surface area contributed by atoms with Crippen LogP contribution in [-0.4, -0.2) is 38.1 Å². The minimum Gasteiger partial charge on any atom is -0.744 e. The van der Waals surface area contributed by atoms with E-state index in [1.165, 1.54) is 153 Å². The molecule has 55 heavy (non-hydrogen) atoms. The molecule has 0 spiro atoms. The van der Waals surface area contributed by atoms with Crippen molar-refractivity contribution < 1.29 is 61.6 Å². The van der Waals surface area contributed by atoms with Crippen molar-refractivity contribution in [2.24, 2.45) is 0 Å². The van der Waals surface area contributed by atoms with Crippen molar-refractivity contribution in [1.82, 2.24) is 0 Å². The summed E-state index contributed by atoms with van der Waals surface area (Å²) in [5.74, 6) is -1.81. The van der Waals surface area contributed by atoms with Crippen LogP contribution in [0.2, 0.25) is 0 Å². The van der Waals surface area contributed by atoms with Crippen LogP contribution in [0.25, 0.3) is 0 Å². The van der Waals surface area contributed by atoms with Gasteiger partial charge in [-0.25, -0.2) is 18.0 Å². The molecule has 7 nitrogen and oxygen atoms in total. The number of esters is 2. The quantitative estimate of drug-likeness (QED) is 0.0217. The number of carbonyl (C=O) groups excluding carboxylic acids is 2. The number of hydrogen-bond acceptors (Lipinski definition) is 7. The molecule has 0 aliphatic carbocycles. The first-order chi connectivity index (χ1) is 26.3. The fourth-order valence-corrected chi connectivity index (χ4v) is 7.59. The third kappa shape index (κ3) is 30.3. The van der Waals surface area contributed by atoms with Crippen molar-refractivity contribution >= 4 is 22.1 Å². The van der Waals surface area contributed by atoms with Crippen molar-refractivity contribution in [3.05, 3.63) is 53.6 Å².